The Bertz CT molecular complexity index is 409. The summed E-state index contributed by atoms with van der Waals surface area (Å²) in [5.74, 6) is 0.543. The summed E-state index contributed by atoms with van der Waals surface area (Å²) in [6, 6.07) is 8.40. The summed E-state index contributed by atoms with van der Waals surface area (Å²) in [6.45, 7) is 10.1. The molecule has 2 N–H and O–H groups in total. The zero-order chi connectivity index (χ0) is 15.0. The summed E-state index contributed by atoms with van der Waals surface area (Å²) in [7, 11) is 0. The molecule has 0 saturated heterocycles. The van der Waals surface area contributed by atoms with Crippen molar-refractivity contribution in [2.24, 2.45) is 0 Å². The highest BCUT2D eigenvalue weighted by molar-refractivity contribution is 8.00. The van der Waals surface area contributed by atoms with Crippen LogP contribution in [0.5, 0.6) is 0 Å². The minimum Gasteiger partial charge on any atom is -0.351 e. The minimum absolute atomic E-state index is 0.0798. The zero-order valence-electron chi connectivity index (χ0n) is 13.0. The number of hydrogen-bond donors (Lipinski definition) is 2. The van der Waals surface area contributed by atoms with Gasteiger partial charge in [-0.2, -0.15) is 0 Å². The maximum Gasteiger partial charge on any atom is 0.230 e. The molecule has 0 aliphatic rings. The minimum atomic E-state index is -0.160. The maximum absolute atomic E-state index is 11.7. The average molecular weight is 294 g/mol. The second-order valence-electron chi connectivity index (χ2n) is 5.91. The number of benzene rings is 1. The van der Waals surface area contributed by atoms with Crippen LogP contribution >= 0.6 is 11.8 Å². The third-order valence-corrected chi connectivity index (χ3v) is 3.58. The highest BCUT2D eigenvalue weighted by atomic mass is 32.2. The van der Waals surface area contributed by atoms with Crippen molar-refractivity contribution in [3.05, 3.63) is 29.8 Å². The molecule has 1 rings (SSSR count). The Balaban J connectivity index is 2.36. The van der Waals surface area contributed by atoms with E-state index in [1.165, 1.54) is 5.56 Å². The van der Waals surface area contributed by atoms with Gasteiger partial charge in [0.25, 0.3) is 0 Å². The van der Waals surface area contributed by atoms with Gasteiger partial charge in [0.05, 0.1) is 5.75 Å². The van der Waals surface area contributed by atoms with Crippen LogP contribution in [0.1, 0.15) is 39.7 Å². The van der Waals surface area contributed by atoms with Gasteiger partial charge in [-0.05, 0) is 51.4 Å². The van der Waals surface area contributed by atoms with Crippen molar-refractivity contribution in [1.82, 2.24) is 10.6 Å². The van der Waals surface area contributed by atoms with Gasteiger partial charge < -0.3 is 10.6 Å². The van der Waals surface area contributed by atoms with Gasteiger partial charge in [0.2, 0.25) is 5.91 Å². The van der Waals surface area contributed by atoms with Crippen LogP contribution in [-0.2, 0) is 11.3 Å². The predicted octanol–water partition coefficient (Wildman–Crippen LogP) is 3.19. The molecular weight excluding hydrogens is 268 g/mol. The van der Waals surface area contributed by atoms with Crippen molar-refractivity contribution in [3.8, 4) is 0 Å². The summed E-state index contributed by atoms with van der Waals surface area (Å²) in [4.78, 5) is 12.9. The average Bonchev–Trinajstić information content (AvgIpc) is 2.36. The van der Waals surface area contributed by atoms with Gasteiger partial charge in [-0.25, -0.2) is 0 Å². The molecule has 0 unspecified atom stereocenters. The Kier molecular flexibility index (Phi) is 7.10. The molecule has 0 spiro atoms. The molecule has 1 aromatic rings. The monoisotopic (exact) mass is 294 g/mol. The van der Waals surface area contributed by atoms with Gasteiger partial charge in [0.1, 0.15) is 0 Å². The maximum atomic E-state index is 11.7. The van der Waals surface area contributed by atoms with E-state index in [4.69, 9.17) is 0 Å². The molecule has 0 saturated carbocycles. The van der Waals surface area contributed by atoms with Gasteiger partial charge in [0.15, 0.2) is 0 Å². The molecule has 1 amide bonds. The molecule has 0 bridgehead atoms. The number of hydrogen-bond acceptors (Lipinski definition) is 3. The Morgan fingerprint density at radius 1 is 1.20 bits per heavy atom. The number of carbonyl (C=O) groups excluding carboxylic acids is 1. The van der Waals surface area contributed by atoms with Crippen molar-refractivity contribution >= 4 is 17.7 Å². The van der Waals surface area contributed by atoms with Gasteiger partial charge in [-0.1, -0.05) is 19.1 Å². The van der Waals surface area contributed by atoms with E-state index >= 15 is 0 Å². The van der Waals surface area contributed by atoms with Gasteiger partial charge >= 0.3 is 0 Å². The van der Waals surface area contributed by atoms with Gasteiger partial charge in [-0.3, -0.25) is 4.79 Å². The molecule has 0 atom stereocenters. The predicted molar refractivity (Wildman–Crippen MR) is 87.1 cm³/mol. The first-order valence-corrected chi connectivity index (χ1v) is 8.13. The van der Waals surface area contributed by atoms with Crippen LogP contribution in [-0.4, -0.2) is 23.7 Å². The van der Waals surface area contributed by atoms with Crippen LogP contribution in [0.25, 0.3) is 0 Å². The van der Waals surface area contributed by atoms with Crippen molar-refractivity contribution in [3.63, 3.8) is 0 Å². The topological polar surface area (TPSA) is 41.1 Å². The summed E-state index contributed by atoms with van der Waals surface area (Å²) in [5.41, 5.74) is 1.12. The molecule has 0 aliphatic heterocycles. The lowest BCUT2D eigenvalue weighted by molar-refractivity contribution is -0.119. The fraction of sp³-hybridized carbons (Fsp3) is 0.562. The van der Waals surface area contributed by atoms with Crippen molar-refractivity contribution < 1.29 is 4.79 Å². The van der Waals surface area contributed by atoms with Crippen LogP contribution in [0.2, 0.25) is 0 Å². The first kappa shape index (κ1) is 17.1. The van der Waals surface area contributed by atoms with E-state index in [9.17, 15) is 4.79 Å². The second-order valence-corrected chi connectivity index (χ2v) is 6.96. The van der Waals surface area contributed by atoms with Gasteiger partial charge in [-0.15, -0.1) is 11.8 Å². The molecule has 4 heteroatoms. The number of carbonyl (C=O) groups is 1. The fourth-order valence-corrected chi connectivity index (χ4v) is 2.41. The van der Waals surface area contributed by atoms with Crippen LogP contribution in [0.15, 0.2) is 29.2 Å². The lowest BCUT2D eigenvalue weighted by Crippen LogP contribution is -2.41. The van der Waals surface area contributed by atoms with Crippen LogP contribution in [0, 0.1) is 0 Å². The lowest BCUT2D eigenvalue weighted by Gasteiger charge is -2.20. The third-order valence-electron chi connectivity index (χ3n) is 2.56. The highest BCUT2D eigenvalue weighted by Crippen LogP contribution is 2.18. The fourth-order valence-electron chi connectivity index (χ4n) is 1.72. The summed E-state index contributed by atoms with van der Waals surface area (Å²) < 4.78 is 0. The summed E-state index contributed by atoms with van der Waals surface area (Å²) in [5, 5.41) is 6.34. The Hall–Kier alpha value is -1.00. The lowest BCUT2D eigenvalue weighted by atomic mass is 10.1. The first-order chi connectivity index (χ1) is 9.40. The summed E-state index contributed by atoms with van der Waals surface area (Å²) in [6.07, 6.45) is 1.15. The molecule has 20 heavy (non-hydrogen) atoms. The molecule has 3 nitrogen and oxygen atoms in total. The molecule has 0 heterocycles. The van der Waals surface area contributed by atoms with E-state index < -0.39 is 0 Å². The molecule has 112 valence electrons. The van der Waals surface area contributed by atoms with E-state index in [1.807, 2.05) is 20.8 Å². The molecule has 0 radical (unpaired) electrons. The van der Waals surface area contributed by atoms with Crippen molar-refractivity contribution in [2.75, 3.05) is 12.3 Å². The van der Waals surface area contributed by atoms with Crippen LogP contribution in [0.4, 0.5) is 0 Å². The number of rotatable bonds is 7. The third kappa shape index (κ3) is 7.56. The van der Waals surface area contributed by atoms with E-state index in [2.05, 4.69) is 41.8 Å². The Morgan fingerprint density at radius 3 is 2.40 bits per heavy atom. The van der Waals surface area contributed by atoms with Gasteiger partial charge in [0, 0.05) is 17.0 Å². The van der Waals surface area contributed by atoms with Crippen molar-refractivity contribution in [1.29, 1.82) is 0 Å². The SMILES string of the molecule is CCCNCc1ccc(SCC(=O)NC(C)(C)C)cc1. The normalized spacial score (nSPS) is 11.4. The second kappa shape index (κ2) is 8.32. The smallest absolute Gasteiger partial charge is 0.230 e. The molecule has 1 aromatic carbocycles. The summed E-state index contributed by atoms with van der Waals surface area (Å²) >= 11 is 1.57. The van der Waals surface area contributed by atoms with Crippen LogP contribution < -0.4 is 10.6 Å². The Morgan fingerprint density at radius 2 is 1.85 bits per heavy atom. The Labute approximate surface area is 126 Å². The zero-order valence-corrected chi connectivity index (χ0v) is 13.8. The first-order valence-electron chi connectivity index (χ1n) is 7.14. The van der Waals surface area contributed by atoms with Crippen molar-refractivity contribution in [2.45, 2.75) is 51.1 Å². The van der Waals surface area contributed by atoms with E-state index in [0.29, 0.717) is 5.75 Å². The molecule has 0 aliphatic carbocycles. The number of thioether (sulfide) groups is 1. The molecule has 0 aromatic heterocycles. The largest absolute Gasteiger partial charge is 0.351 e. The molecule has 0 fully saturated rings. The van der Waals surface area contributed by atoms with E-state index in [1.54, 1.807) is 11.8 Å². The van der Waals surface area contributed by atoms with E-state index in [0.717, 1.165) is 24.4 Å². The molecular formula is C16H26N2OS. The standard InChI is InChI=1S/C16H26N2OS/c1-5-10-17-11-13-6-8-14(9-7-13)20-12-15(19)18-16(2,3)4/h6-9,17H,5,10-12H2,1-4H3,(H,18,19). The highest BCUT2D eigenvalue weighted by Gasteiger charge is 2.13. The quantitative estimate of drug-likeness (QED) is 0.599. The van der Waals surface area contributed by atoms with E-state index in [-0.39, 0.29) is 11.4 Å². The number of amides is 1. The number of nitrogens with one attached hydrogen (secondary N) is 2. The van der Waals surface area contributed by atoms with Crippen LogP contribution in [0.3, 0.4) is 0 Å².